The van der Waals surface area contributed by atoms with Gasteiger partial charge in [-0.1, -0.05) is 24.2 Å². The Morgan fingerprint density at radius 3 is 2.67 bits per heavy atom. The highest BCUT2D eigenvalue weighted by Gasteiger charge is 2.44. The Morgan fingerprint density at radius 2 is 1.95 bits per heavy atom. The first-order valence-corrected chi connectivity index (χ1v) is 13.6. The van der Waals surface area contributed by atoms with Gasteiger partial charge >= 0.3 is 0 Å². The Hall–Kier alpha value is -4.30. The van der Waals surface area contributed by atoms with E-state index in [1.54, 1.807) is 31.3 Å². The van der Waals surface area contributed by atoms with Crippen molar-refractivity contribution in [3.05, 3.63) is 75.5 Å². The molecular weight excluding hydrogens is 513 g/mol. The second-order valence-electron chi connectivity index (χ2n) is 10.8. The van der Waals surface area contributed by atoms with Crippen LogP contribution in [0.3, 0.4) is 0 Å². The Kier molecular flexibility index (Phi) is 5.82. The SMILES string of the molecule is CC[C@@H]1CN2c3c(c(=O)n(C)c4ccc(C#N)nc34)OC[C@@H]2CN1[C@@H](c1ccc(F)cc1)c1nc(C2CC2)no1. The second-order valence-corrected chi connectivity index (χ2v) is 10.8. The monoisotopic (exact) mass is 541 g/mol. The summed E-state index contributed by atoms with van der Waals surface area (Å²) in [4.78, 5) is 27.2. The zero-order valence-corrected chi connectivity index (χ0v) is 22.2. The molecule has 0 spiro atoms. The van der Waals surface area contributed by atoms with E-state index in [0.29, 0.717) is 48.2 Å². The van der Waals surface area contributed by atoms with Gasteiger partial charge < -0.3 is 18.7 Å². The molecule has 0 N–H and O–H groups in total. The summed E-state index contributed by atoms with van der Waals surface area (Å²) in [6.07, 6.45) is 2.93. The molecule has 40 heavy (non-hydrogen) atoms. The predicted octanol–water partition coefficient (Wildman–Crippen LogP) is 3.66. The molecule has 4 aromatic rings. The molecule has 204 valence electrons. The molecule has 2 aliphatic heterocycles. The number of hydrogen-bond acceptors (Lipinski definition) is 9. The van der Waals surface area contributed by atoms with Crippen LogP contribution in [-0.4, -0.2) is 56.4 Å². The minimum atomic E-state index is -0.363. The first kappa shape index (κ1) is 24.7. The van der Waals surface area contributed by atoms with E-state index in [2.05, 4.69) is 32.9 Å². The van der Waals surface area contributed by atoms with Crippen molar-refractivity contribution < 1.29 is 13.7 Å². The molecule has 1 aliphatic carbocycles. The minimum absolute atomic E-state index is 0.0341. The van der Waals surface area contributed by atoms with Crippen LogP contribution in [0.5, 0.6) is 5.75 Å². The molecule has 1 saturated heterocycles. The number of ether oxygens (including phenoxy) is 1. The van der Waals surface area contributed by atoms with Crippen molar-refractivity contribution >= 4 is 16.7 Å². The van der Waals surface area contributed by atoms with Crippen LogP contribution in [-0.2, 0) is 7.05 Å². The lowest BCUT2D eigenvalue weighted by atomic mass is 9.96. The van der Waals surface area contributed by atoms with Gasteiger partial charge in [0.1, 0.15) is 41.4 Å². The molecule has 3 aromatic heterocycles. The third-order valence-electron chi connectivity index (χ3n) is 8.36. The maximum atomic E-state index is 13.9. The molecule has 1 aromatic carbocycles. The summed E-state index contributed by atoms with van der Waals surface area (Å²) in [6.45, 7) is 3.61. The second kappa shape index (κ2) is 9.41. The summed E-state index contributed by atoms with van der Waals surface area (Å²) >= 11 is 0. The number of halogens is 1. The Morgan fingerprint density at radius 1 is 1.15 bits per heavy atom. The molecule has 2 fully saturated rings. The smallest absolute Gasteiger partial charge is 0.295 e. The number of aryl methyl sites for hydroxylation is 1. The molecule has 1 saturated carbocycles. The first-order valence-electron chi connectivity index (χ1n) is 13.6. The summed E-state index contributed by atoms with van der Waals surface area (Å²) < 4.78 is 27.4. The van der Waals surface area contributed by atoms with Crippen LogP contribution in [0.2, 0.25) is 0 Å². The number of pyridine rings is 2. The topological polar surface area (TPSA) is 113 Å². The van der Waals surface area contributed by atoms with E-state index in [1.807, 2.05) is 0 Å². The predicted molar refractivity (Wildman–Crippen MR) is 144 cm³/mol. The van der Waals surface area contributed by atoms with Gasteiger partial charge in [0.15, 0.2) is 5.82 Å². The van der Waals surface area contributed by atoms with Gasteiger partial charge in [-0.15, -0.1) is 0 Å². The van der Waals surface area contributed by atoms with Gasteiger partial charge in [0.05, 0.1) is 11.6 Å². The zero-order valence-electron chi connectivity index (χ0n) is 22.2. The first-order chi connectivity index (χ1) is 19.5. The minimum Gasteiger partial charge on any atom is -0.484 e. The highest BCUT2D eigenvalue weighted by molar-refractivity contribution is 5.93. The lowest BCUT2D eigenvalue weighted by molar-refractivity contribution is 0.0755. The molecule has 5 heterocycles. The van der Waals surface area contributed by atoms with Gasteiger partial charge in [-0.3, -0.25) is 9.69 Å². The average molecular weight is 542 g/mol. The number of hydrogen-bond donors (Lipinski definition) is 0. The van der Waals surface area contributed by atoms with Crippen molar-refractivity contribution in [3.63, 3.8) is 0 Å². The summed E-state index contributed by atoms with van der Waals surface area (Å²) in [5.74, 6) is 1.52. The van der Waals surface area contributed by atoms with E-state index in [9.17, 15) is 14.4 Å². The lowest BCUT2D eigenvalue weighted by Crippen LogP contribution is -2.62. The molecule has 10 nitrogen and oxygen atoms in total. The molecule has 0 amide bonds. The third kappa shape index (κ3) is 3.93. The van der Waals surface area contributed by atoms with E-state index < -0.39 is 0 Å². The zero-order chi connectivity index (χ0) is 27.5. The maximum Gasteiger partial charge on any atom is 0.295 e. The largest absolute Gasteiger partial charge is 0.484 e. The Labute approximate surface area is 229 Å². The molecule has 0 radical (unpaired) electrons. The fraction of sp³-hybridized carbons (Fsp3) is 0.414. The maximum absolute atomic E-state index is 13.9. The number of nitrogens with zero attached hydrogens (tertiary/aromatic N) is 7. The van der Waals surface area contributed by atoms with Crippen molar-refractivity contribution in [1.82, 2.24) is 24.6 Å². The number of rotatable bonds is 5. The molecular formula is C29H28FN7O3. The Bertz CT molecular complexity index is 1710. The van der Waals surface area contributed by atoms with Gasteiger partial charge in [-0.25, -0.2) is 9.37 Å². The highest BCUT2D eigenvalue weighted by Crippen LogP contribution is 2.43. The van der Waals surface area contributed by atoms with Gasteiger partial charge in [0.25, 0.3) is 5.56 Å². The standard InChI is InChI=1S/C29H28FN7O3/c1-3-20-13-37-21(15-39-26-25(37)23-22(35(2)29(26)38)11-10-19(12-31)32-23)14-36(20)24(16-6-8-18(30)9-7-16)28-33-27(34-40-28)17-4-5-17/h6-11,17,20-21,24H,3-5,13-15H2,1-2H3/t20-,21+,24+/m1/s1. The number of aromatic nitrogens is 4. The third-order valence-corrected chi connectivity index (χ3v) is 8.36. The van der Waals surface area contributed by atoms with Crippen molar-refractivity contribution in [1.29, 1.82) is 5.26 Å². The van der Waals surface area contributed by atoms with Crippen molar-refractivity contribution in [3.8, 4) is 11.8 Å². The number of fused-ring (bicyclic) bond motifs is 5. The molecule has 0 unspecified atom stereocenters. The van der Waals surface area contributed by atoms with Crippen molar-refractivity contribution in [2.45, 2.75) is 50.2 Å². The highest BCUT2D eigenvalue weighted by atomic mass is 19.1. The number of benzene rings is 1. The number of nitriles is 1. The van der Waals surface area contributed by atoms with Crippen LogP contribution in [0, 0.1) is 17.1 Å². The van der Waals surface area contributed by atoms with E-state index >= 15 is 0 Å². The van der Waals surface area contributed by atoms with Crippen LogP contribution in [0.4, 0.5) is 10.1 Å². The van der Waals surface area contributed by atoms with Crippen LogP contribution in [0.1, 0.15) is 61.1 Å². The van der Waals surface area contributed by atoms with Crippen molar-refractivity contribution in [2.75, 3.05) is 24.6 Å². The molecule has 3 atom stereocenters. The van der Waals surface area contributed by atoms with Crippen LogP contribution in [0.25, 0.3) is 11.0 Å². The molecule has 0 bridgehead atoms. The normalized spacial score (nSPS) is 21.4. The van der Waals surface area contributed by atoms with Crippen LogP contribution in [0.15, 0.2) is 45.7 Å². The van der Waals surface area contributed by atoms with E-state index in [0.717, 1.165) is 30.7 Å². The van der Waals surface area contributed by atoms with Crippen LogP contribution < -0.4 is 15.2 Å². The number of piperazine rings is 1. The Balaban J connectivity index is 1.32. The van der Waals surface area contributed by atoms with E-state index in [1.165, 1.54) is 16.7 Å². The fourth-order valence-corrected chi connectivity index (χ4v) is 6.06. The summed E-state index contributed by atoms with van der Waals surface area (Å²) in [7, 11) is 1.69. The summed E-state index contributed by atoms with van der Waals surface area (Å²) in [6, 6.07) is 11.5. The lowest BCUT2D eigenvalue weighted by Gasteiger charge is -2.51. The van der Waals surface area contributed by atoms with Gasteiger partial charge in [-0.05, 0) is 49.1 Å². The van der Waals surface area contributed by atoms with Gasteiger partial charge in [0.2, 0.25) is 11.6 Å². The molecule has 7 rings (SSSR count). The fourth-order valence-electron chi connectivity index (χ4n) is 6.06. The molecule has 3 aliphatic rings. The van der Waals surface area contributed by atoms with E-state index in [-0.39, 0.29) is 40.9 Å². The van der Waals surface area contributed by atoms with E-state index in [4.69, 9.17) is 14.2 Å². The summed E-state index contributed by atoms with van der Waals surface area (Å²) in [5.41, 5.74) is 2.77. The van der Waals surface area contributed by atoms with Crippen LogP contribution >= 0.6 is 0 Å². The van der Waals surface area contributed by atoms with Gasteiger partial charge in [0, 0.05) is 32.1 Å². The number of anilines is 1. The summed E-state index contributed by atoms with van der Waals surface area (Å²) in [5, 5.41) is 13.8. The van der Waals surface area contributed by atoms with Crippen molar-refractivity contribution in [2.24, 2.45) is 7.05 Å². The van der Waals surface area contributed by atoms with Gasteiger partial charge in [-0.2, -0.15) is 10.2 Å². The average Bonchev–Trinajstić information content (AvgIpc) is 3.73. The quantitative estimate of drug-likeness (QED) is 0.374. The molecule has 11 heteroatoms.